The van der Waals surface area contributed by atoms with Crippen LogP contribution in [0.15, 0.2) is 17.5 Å². The molecule has 0 aliphatic carbocycles. The third kappa shape index (κ3) is 3.52. The first kappa shape index (κ1) is 13.0. The number of rotatable bonds is 5. The van der Waals surface area contributed by atoms with Crippen LogP contribution < -0.4 is 0 Å². The molecule has 0 unspecified atom stereocenters. The molecule has 1 aromatic heterocycles. The van der Waals surface area contributed by atoms with E-state index in [0.717, 1.165) is 39.1 Å². The summed E-state index contributed by atoms with van der Waals surface area (Å²) in [4.78, 5) is 3.69. The Kier molecular flexibility index (Phi) is 4.56. The van der Waals surface area contributed by atoms with Crippen molar-refractivity contribution >= 4 is 11.3 Å². The van der Waals surface area contributed by atoms with Crippen molar-refractivity contribution in [2.45, 2.75) is 19.4 Å². The van der Waals surface area contributed by atoms with Gasteiger partial charge in [0.2, 0.25) is 0 Å². The molecule has 1 N–H and O–H groups in total. The van der Waals surface area contributed by atoms with E-state index in [9.17, 15) is 5.11 Å². The monoisotopic (exact) mass is 255 g/mol. The van der Waals surface area contributed by atoms with Crippen molar-refractivity contribution in [1.82, 2.24) is 4.90 Å². The SMILES string of the molecule is CN(Cc1cccs1)CC1(CO)CCOCC1. The van der Waals surface area contributed by atoms with Gasteiger partial charge in [-0.15, -0.1) is 11.3 Å². The van der Waals surface area contributed by atoms with Crippen molar-refractivity contribution in [3.63, 3.8) is 0 Å². The highest BCUT2D eigenvalue weighted by molar-refractivity contribution is 7.09. The topological polar surface area (TPSA) is 32.7 Å². The Morgan fingerprint density at radius 3 is 2.82 bits per heavy atom. The number of aliphatic hydroxyl groups excluding tert-OH is 1. The van der Waals surface area contributed by atoms with Gasteiger partial charge in [0, 0.05) is 36.6 Å². The van der Waals surface area contributed by atoms with Gasteiger partial charge in [-0.2, -0.15) is 0 Å². The van der Waals surface area contributed by atoms with E-state index in [4.69, 9.17) is 4.74 Å². The minimum Gasteiger partial charge on any atom is -0.396 e. The quantitative estimate of drug-likeness (QED) is 0.873. The molecule has 0 atom stereocenters. The molecule has 4 heteroatoms. The Morgan fingerprint density at radius 1 is 1.47 bits per heavy atom. The number of thiophene rings is 1. The number of hydrogen-bond donors (Lipinski definition) is 1. The lowest BCUT2D eigenvalue weighted by Crippen LogP contribution is -2.42. The lowest BCUT2D eigenvalue weighted by molar-refractivity contribution is -0.0317. The van der Waals surface area contributed by atoms with Gasteiger partial charge in [0.15, 0.2) is 0 Å². The smallest absolute Gasteiger partial charge is 0.0501 e. The first-order valence-electron chi connectivity index (χ1n) is 6.14. The normalized spacial score (nSPS) is 19.7. The van der Waals surface area contributed by atoms with Crippen LogP contribution in [0.1, 0.15) is 17.7 Å². The number of ether oxygens (including phenoxy) is 1. The fourth-order valence-corrected chi connectivity index (χ4v) is 3.25. The summed E-state index contributed by atoms with van der Waals surface area (Å²) in [5.41, 5.74) is 0.0459. The lowest BCUT2D eigenvalue weighted by atomic mass is 9.80. The van der Waals surface area contributed by atoms with Crippen LogP contribution >= 0.6 is 11.3 Å². The summed E-state index contributed by atoms with van der Waals surface area (Å²) in [5, 5.41) is 11.7. The molecule has 2 rings (SSSR count). The zero-order chi connectivity index (χ0) is 12.1. The fourth-order valence-electron chi connectivity index (χ4n) is 2.47. The highest BCUT2D eigenvalue weighted by atomic mass is 32.1. The van der Waals surface area contributed by atoms with Crippen LogP contribution in [0.4, 0.5) is 0 Å². The molecule has 2 heterocycles. The maximum Gasteiger partial charge on any atom is 0.0501 e. The number of nitrogens with zero attached hydrogens (tertiary/aromatic N) is 1. The van der Waals surface area contributed by atoms with Gasteiger partial charge >= 0.3 is 0 Å². The average molecular weight is 255 g/mol. The first-order valence-corrected chi connectivity index (χ1v) is 7.02. The van der Waals surface area contributed by atoms with Crippen molar-refractivity contribution in [1.29, 1.82) is 0 Å². The third-order valence-electron chi connectivity index (χ3n) is 3.50. The molecule has 1 fully saturated rings. The van der Waals surface area contributed by atoms with E-state index >= 15 is 0 Å². The van der Waals surface area contributed by atoms with Crippen molar-refractivity contribution in [2.24, 2.45) is 5.41 Å². The summed E-state index contributed by atoms with van der Waals surface area (Å²) in [5.74, 6) is 0. The Bertz CT molecular complexity index is 320. The highest BCUT2D eigenvalue weighted by Gasteiger charge is 2.33. The molecule has 0 spiro atoms. The van der Waals surface area contributed by atoms with Crippen molar-refractivity contribution in [2.75, 3.05) is 33.4 Å². The Morgan fingerprint density at radius 2 is 2.24 bits per heavy atom. The standard InChI is InChI=1S/C13H21NO2S/c1-14(9-12-3-2-8-17-12)10-13(11-15)4-6-16-7-5-13/h2-3,8,15H,4-7,9-11H2,1H3. The second-order valence-corrected chi connectivity index (χ2v) is 6.05. The van der Waals surface area contributed by atoms with Gasteiger partial charge in [0.05, 0.1) is 6.61 Å². The van der Waals surface area contributed by atoms with Crippen LogP contribution in [0, 0.1) is 5.41 Å². The summed E-state index contributed by atoms with van der Waals surface area (Å²) >= 11 is 1.79. The van der Waals surface area contributed by atoms with Crippen molar-refractivity contribution in [3.05, 3.63) is 22.4 Å². The second-order valence-electron chi connectivity index (χ2n) is 5.02. The number of hydrogen-bond acceptors (Lipinski definition) is 4. The molecule has 0 saturated carbocycles. The maximum absolute atomic E-state index is 9.64. The largest absolute Gasteiger partial charge is 0.396 e. The van der Waals surface area contributed by atoms with E-state index in [1.54, 1.807) is 11.3 Å². The molecule has 96 valence electrons. The molecule has 1 aliphatic rings. The molecule has 1 aliphatic heterocycles. The molecule has 17 heavy (non-hydrogen) atoms. The molecule has 0 bridgehead atoms. The zero-order valence-corrected chi connectivity index (χ0v) is 11.2. The second kappa shape index (κ2) is 5.96. The molecule has 0 amide bonds. The average Bonchev–Trinajstić information content (AvgIpc) is 2.83. The van der Waals surface area contributed by atoms with Crippen molar-refractivity contribution in [3.8, 4) is 0 Å². The van der Waals surface area contributed by atoms with Gasteiger partial charge in [-0.05, 0) is 31.3 Å². The Hall–Kier alpha value is -0.420. The van der Waals surface area contributed by atoms with Gasteiger partial charge < -0.3 is 14.7 Å². The van der Waals surface area contributed by atoms with Crippen LogP contribution in [0.5, 0.6) is 0 Å². The van der Waals surface area contributed by atoms with Gasteiger partial charge in [-0.1, -0.05) is 6.07 Å². The van der Waals surface area contributed by atoms with Gasteiger partial charge in [-0.25, -0.2) is 0 Å². The first-order chi connectivity index (χ1) is 8.24. The molecule has 0 radical (unpaired) electrons. The van der Waals surface area contributed by atoms with Crippen LogP contribution in [0.2, 0.25) is 0 Å². The van der Waals surface area contributed by atoms with E-state index in [0.29, 0.717) is 0 Å². The molecule has 3 nitrogen and oxygen atoms in total. The van der Waals surface area contributed by atoms with Crippen LogP contribution in [0.25, 0.3) is 0 Å². The molecular formula is C13H21NO2S. The van der Waals surface area contributed by atoms with Gasteiger partial charge in [0.1, 0.15) is 0 Å². The minimum atomic E-state index is 0.0459. The molecule has 0 aromatic carbocycles. The van der Waals surface area contributed by atoms with Crippen LogP contribution in [0.3, 0.4) is 0 Å². The van der Waals surface area contributed by atoms with Crippen molar-refractivity contribution < 1.29 is 9.84 Å². The molecule has 1 aromatic rings. The summed E-state index contributed by atoms with van der Waals surface area (Å²) in [6, 6.07) is 4.25. The summed E-state index contributed by atoms with van der Waals surface area (Å²) in [6.07, 6.45) is 1.94. The van der Waals surface area contributed by atoms with Crippen LogP contribution in [-0.2, 0) is 11.3 Å². The van der Waals surface area contributed by atoms with Gasteiger partial charge in [-0.3, -0.25) is 0 Å². The minimum absolute atomic E-state index is 0.0459. The van der Waals surface area contributed by atoms with E-state index in [1.807, 2.05) is 0 Å². The predicted molar refractivity (Wildman–Crippen MR) is 70.2 cm³/mol. The summed E-state index contributed by atoms with van der Waals surface area (Å²) < 4.78 is 5.39. The van der Waals surface area contributed by atoms with E-state index in [1.165, 1.54) is 4.88 Å². The van der Waals surface area contributed by atoms with Crippen LogP contribution in [-0.4, -0.2) is 43.4 Å². The number of aliphatic hydroxyl groups is 1. The zero-order valence-electron chi connectivity index (χ0n) is 10.4. The van der Waals surface area contributed by atoms with E-state index in [-0.39, 0.29) is 12.0 Å². The van der Waals surface area contributed by atoms with Gasteiger partial charge in [0.25, 0.3) is 0 Å². The Balaban J connectivity index is 1.89. The Labute approximate surface area is 107 Å². The summed E-state index contributed by atoms with van der Waals surface area (Å²) in [7, 11) is 2.13. The molecule has 1 saturated heterocycles. The lowest BCUT2D eigenvalue weighted by Gasteiger charge is -2.38. The third-order valence-corrected chi connectivity index (χ3v) is 4.36. The highest BCUT2D eigenvalue weighted by Crippen LogP contribution is 2.31. The van der Waals surface area contributed by atoms with E-state index < -0.39 is 0 Å². The maximum atomic E-state index is 9.64. The fraction of sp³-hybridized carbons (Fsp3) is 0.692. The molecular weight excluding hydrogens is 234 g/mol. The van der Waals surface area contributed by atoms with E-state index in [2.05, 4.69) is 29.5 Å². The predicted octanol–water partition coefficient (Wildman–Crippen LogP) is 1.97. The summed E-state index contributed by atoms with van der Waals surface area (Å²) in [6.45, 7) is 3.76.